The van der Waals surface area contributed by atoms with E-state index in [0.29, 0.717) is 34.0 Å². The lowest BCUT2D eigenvalue weighted by atomic mass is 10.1. The number of ether oxygens (including phenoxy) is 1. The molecule has 1 atom stereocenters. The molecule has 0 radical (unpaired) electrons. The molecule has 3 rings (SSSR count). The second-order valence-corrected chi connectivity index (χ2v) is 7.23. The van der Waals surface area contributed by atoms with Crippen molar-refractivity contribution in [2.24, 2.45) is 5.92 Å². The largest absolute Gasteiger partial charge is 0.377 e. The second kappa shape index (κ2) is 7.47. The Morgan fingerprint density at radius 3 is 3.00 bits per heavy atom. The van der Waals surface area contributed by atoms with Crippen molar-refractivity contribution in [2.45, 2.75) is 20.0 Å². The van der Waals surface area contributed by atoms with Crippen LogP contribution in [0.25, 0.3) is 0 Å². The number of hydrogen-bond donors (Lipinski definition) is 1. The molecule has 0 unspecified atom stereocenters. The van der Waals surface area contributed by atoms with Crippen LogP contribution in [-0.2, 0) is 20.9 Å². The average Bonchev–Trinajstić information content (AvgIpc) is 3.17. The van der Waals surface area contributed by atoms with E-state index >= 15 is 0 Å². The molecule has 25 heavy (non-hydrogen) atoms. The topological polar surface area (TPSA) is 84.4 Å². The number of benzene rings is 1. The lowest BCUT2D eigenvalue weighted by Crippen LogP contribution is -2.28. The van der Waals surface area contributed by atoms with Gasteiger partial charge in [0.2, 0.25) is 16.9 Å². The van der Waals surface area contributed by atoms with Crippen molar-refractivity contribution in [3.05, 3.63) is 33.8 Å². The van der Waals surface area contributed by atoms with Gasteiger partial charge in [0.15, 0.2) is 0 Å². The van der Waals surface area contributed by atoms with E-state index in [1.165, 1.54) is 11.3 Å². The van der Waals surface area contributed by atoms with Gasteiger partial charge in [-0.15, -0.1) is 10.2 Å². The van der Waals surface area contributed by atoms with E-state index in [4.69, 9.17) is 16.3 Å². The van der Waals surface area contributed by atoms with Gasteiger partial charge in [-0.2, -0.15) is 0 Å². The second-order valence-electron chi connectivity index (χ2n) is 5.76. The van der Waals surface area contributed by atoms with Crippen LogP contribution in [0.15, 0.2) is 18.2 Å². The predicted molar refractivity (Wildman–Crippen MR) is 95.9 cm³/mol. The molecule has 0 saturated carbocycles. The van der Waals surface area contributed by atoms with Gasteiger partial charge in [-0.1, -0.05) is 29.0 Å². The van der Waals surface area contributed by atoms with Crippen LogP contribution in [0.2, 0.25) is 5.02 Å². The minimum Gasteiger partial charge on any atom is -0.377 e. The Bertz CT molecular complexity index is 810. The number of aryl methyl sites for hydroxylation is 1. The molecule has 0 spiro atoms. The smallest absolute Gasteiger partial charge is 0.231 e. The van der Waals surface area contributed by atoms with Crippen LogP contribution in [0.1, 0.15) is 17.0 Å². The standard InChI is InChI=1S/C16H17ClN4O3S/c1-9-3-4-11(6-12(9)17)21-7-10(5-14(21)22)15(23)18-16-20-19-13(25-16)8-24-2/h3-4,6,10H,5,7-8H2,1-2H3,(H,18,20,23)/t10-/m1/s1. The summed E-state index contributed by atoms with van der Waals surface area (Å²) in [5.41, 5.74) is 1.64. The molecular formula is C16H17ClN4O3S. The first-order valence-electron chi connectivity index (χ1n) is 7.66. The Morgan fingerprint density at radius 2 is 2.28 bits per heavy atom. The van der Waals surface area contributed by atoms with Gasteiger partial charge in [0.05, 0.1) is 5.92 Å². The van der Waals surface area contributed by atoms with E-state index in [1.807, 2.05) is 19.1 Å². The predicted octanol–water partition coefficient (Wildman–Crippen LogP) is 2.64. The van der Waals surface area contributed by atoms with Crippen molar-refractivity contribution in [1.29, 1.82) is 0 Å². The quantitative estimate of drug-likeness (QED) is 0.861. The fourth-order valence-corrected chi connectivity index (χ4v) is 3.47. The van der Waals surface area contributed by atoms with Gasteiger partial charge in [-0.25, -0.2) is 0 Å². The summed E-state index contributed by atoms with van der Waals surface area (Å²) in [6.45, 7) is 2.55. The number of rotatable bonds is 5. The lowest BCUT2D eigenvalue weighted by Gasteiger charge is -2.17. The molecule has 1 aliphatic rings. The highest BCUT2D eigenvalue weighted by molar-refractivity contribution is 7.15. The zero-order chi connectivity index (χ0) is 18.0. The minimum absolute atomic E-state index is 0.0996. The summed E-state index contributed by atoms with van der Waals surface area (Å²) in [6.07, 6.45) is 0.154. The summed E-state index contributed by atoms with van der Waals surface area (Å²) in [5.74, 6) is -0.783. The van der Waals surface area contributed by atoms with Gasteiger partial charge >= 0.3 is 0 Å². The number of amides is 2. The van der Waals surface area contributed by atoms with Crippen molar-refractivity contribution >= 4 is 45.6 Å². The number of carbonyl (C=O) groups excluding carboxylic acids is 2. The van der Waals surface area contributed by atoms with Crippen LogP contribution in [0.5, 0.6) is 0 Å². The third-order valence-electron chi connectivity index (χ3n) is 3.93. The summed E-state index contributed by atoms with van der Waals surface area (Å²) in [4.78, 5) is 26.3. The first-order chi connectivity index (χ1) is 12.0. The number of aromatic nitrogens is 2. The first kappa shape index (κ1) is 17.8. The summed E-state index contributed by atoms with van der Waals surface area (Å²) >= 11 is 7.38. The van der Waals surface area contributed by atoms with Gasteiger partial charge in [0.1, 0.15) is 11.6 Å². The third kappa shape index (κ3) is 3.97. The molecular weight excluding hydrogens is 364 g/mol. The Labute approximate surface area is 153 Å². The molecule has 0 aliphatic carbocycles. The molecule has 1 aromatic carbocycles. The maximum Gasteiger partial charge on any atom is 0.231 e. The van der Waals surface area contributed by atoms with E-state index in [0.717, 1.165) is 5.56 Å². The Hall–Kier alpha value is -2.03. The number of anilines is 2. The SMILES string of the molecule is COCc1nnc(NC(=O)[C@@H]2CC(=O)N(c3ccc(C)c(Cl)c3)C2)s1. The highest BCUT2D eigenvalue weighted by Crippen LogP contribution is 2.29. The minimum atomic E-state index is -0.442. The Morgan fingerprint density at radius 1 is 1.48 bits per heavy atom. The summed E-state index contributed by atoms with van der Waals surface area (Å²) in [6, 6.07) is 5.44. The van der Waals surface area contributed by atoms with Gasteiger partial charge in [-0.05, 0) is 24.6 Å². The highest BCUT2D eigenvalue weighted by atomic mass is 35.5. The molecule has 0 bridgehead atoms. The summed E-state index contributed by atoms with van der Waals surface area (Å²) in [7, 11) is 1.57. The van der Waals surface area contributed by atoms with Crippen molar-refractivity contribution in [2.75, 3.05) is 23.9 Å². The molecule has 1 N–H and O–H groups in total. The average molecular weight is 381 g/mol. The molecule has 7 nitrogen and oxygen atoms in total. The van der Waals surface area contributed by atoms with Crippen LogP contribution >= 0.6 is 22.9 Å². The van der Waals surface area contributed by atoms with Crippen molar-refractivity contribution in [1.82, 2.24) is 10.2 Å². The number of hydrogen-bond acceptors (Lipinski definition) is 6. The molecule has 2 heterocycles. The van der Waals surface area contributed by atoms with E-state index < -0.39 is 5.92 Å². The summed E-state index contributed by atoms with van der Waals surface area (Å²) < 4.78 is 4.97. The van der Waals surface area contributed by atoms with Crippen LogP contribution in [0.3, 0.4) is 0 Å². The number of halogens is 1. The zero-order valence-electron chi connectivity index (χ0n) is 13.8. The molecule has 1 saturated heterocycles. The maximum atomic E-state index is 12.4. The molecule has 132 valence electrons. The van der Waals surface area contributed by atoms with Crippen LogP contribution in [0, 0.1) is 12.8 Å². The highest BCUT2D eigenvalue weighted by Gasteiger charge is 2.35. The normalized spacial score (nSPS) is 17.2. The van der Waals surface area contributed by atoms with E-state index in [2.05, 4.69) is 15.5 Å². The fourth-order valence-electron chi connectivity index (χ4n) is 2.58. The Kier molecular flexibility index (Phi) is 5.31. The monoisotopic (exact) mass is 380 g/mol. The lowest BCUT2D eigenvalue weighted by molar-refractivity contribution is -0.122. The van der Waals surface area contributed by atoms with Crippen LogP contribution in [-0.4, -0.2) is 35.7 Å². The third-order valence-corrected chi connectivity index (χ3v) is 5.15. The van der Waals surface area contributed by atoms with E-state index in [-0.39, 0.29) is 18.2 Å². The van der Waals surface area contributed by atoms with Gasteiger partial charge < -0.3 is 15.0 Å². The summed E-state index contributed by atoms with van der Waals surface area (Å²) in [5, 5.41) is 12.2. The number of carbonyl (C=O) groups is 2. The van der Waals surface area contributed by atoms with E-state index in [1.54, 1.807) is 18.1 Å². The van der Waals surface area contributed by atoms with Crippen molar-refractivity contribution in [3.8, 4) is 0 Å². The zero-order valence-corrected chi connectivity index (χ0v) is 15.4. The Balaban J connectivity index is 1.66. The van der Waals surface area contributed by atoms with Crippen molar-refractivity contribution < 1.29 is 14.3 Å². The van der Waals surface area contributed by atoms with Gasteiger partial charge in [0.25, 0.3) is 0 Å². The number of nitrogens with one attached hydrogen (secondary N) is 1. The molecule has 1 aromatic heterocycles. The molecule has 2 amide bonds. The van der Waals surface area contributed by atoms with Gasteiger partial charge in [0, 0.05) is 30.8 Å². The molecule has 9 heteroatoms. The van der Waals surface area contributed by atoms with Crippen LogP contribution in [0.4, 0.5) is 10.8 Å². The number of nitrogens with zero attached hydrogens (tertiary/aromatic N) is 3. The maximum absolute atomic E-state index is 12.4. The van der Waals surface area contributed by atoms with Crippen LogP contribution < -0.4 is 10.2 Å². The van der Waals surface area contributed by atoms with Crippen molar-refractivity contribution in [3.63, 3.8) is 0 Å². The van der Waals surface area contributed by atoms with Gasteiger partial charge in [-0.3, -0.25) is 9.59 Å². The van der Waals surface area contributed by atoms with E-state index in [9.17, 15) is 9.59 Å². The first-order valence-corrected chi connectivity index (χ1v) is 8.86. The molecule has 1 aliphatic heterocycles. The number of methoxy groups -OCH3 is 1. The fraction of sp³-hybridized carbons (Fsp3) is 0.375. The molecule has 1 fully saturated rings. The molecule has 2 aromatic rings.